The summed E-state index contributed by atoms with van der Waals surface area (Å²) in [5.41, 5.74) is -4.32. The van der Waals surface area contributed by atoms with Gasteiger partial charge in [-0.3, -0.25) is 19.2 Å². The zero-order valence-electron chi connectivity index (χ0n) is 14.4. The maximum atomic E-state index is 11.9. The lowest BCUT2D eigenvalue weighted by molar-refractivity contribution is -0.0754. The zero-order valence-corrected chi connectivity index (χ0v) is 17.1. The Kier molecular flexibility index (Phi) is 7.33. The lowest BCUT2D eigenvalue weighted by atomic mass is 9.95. The van der Waals surface area contributed by atoms with Crippen LogP contribution >= 0.6 is 23.9 Å². The molecule has 2 rings (SSSR count). The van der Waals surface area contributed by atoms with Crippen LogP contribution in [-0.2, 0) is 31.6 Å². The van der Waals surface area contributed by atoms with Gasteiger partial charge >= 0.3 is 29.6 Å². The average Bonchev–Trinajstić information content (AvgIpc) is 2.83. The topological polar surface area (TPSA) is 244 Å². The van der Waals surface area contributed by atoms with Gasteiger partial charge in [0.1, 0.15) is 18.8 Å². The minimum absolute atomic E-state index is 0.663. The predicted octanol–water partition coefficient (Wildman–Crippen LogP) is -1.94. The van der Waals surface area contributed by atoms with Gasteiger partial charge in [0.15, 0.2) is 11.8 Å². The molecule has 0 amide bonds. The number of terminal acetylenes is 1. The van der Waals surface area contributed by atoms with Crippen molar-refractivity contribution in [2.45, 2.75) is 24.0 Å². The third-order valence-electron chi connectivity index (χ3n) is 3.54. The van der Waals surface area contributed by atoms with E-state index < -0.39 is 65.8 Å². The maximum absolute atomic E-state index is 11.9. The van der Waals surface area contributed by atoms with Crippen molar-refractivity contribution in [3.05, 3.63) is 33.1 Å². The van der Waals surface area contributed by atoms with Gasteiger partial charge in [-0.15, -0.1) is 10.9 Å². The van der Waals surface area contributed by atoms with Crippen molar-refractivity contribution in [3.63, 3.8) is 0 Å². The summed E-state index contributed by atoms with van der Waals surface area (Å²) in [6.07, 6.45) is 0.902. The van der Waals surface area contributed by atoms with Crippen LogP contribution in [0.25, 0.3) is 0 Å². The molecule has 0 spiro atoms. The second-order valence-electron chi connectivity index (χ2n) is 5.60. The number of hydrogen-bond acceptors (Lipinski definition) is 11. The Morgan fingerprint density at radius 2 is 2.00 bits per heavy atom. The van der Waals surface area contributed by atoms with Gasteiger partial charge in [0.2, 0.25) is 0 Å². The Labute approximate surface area is 166 Å². The molecule has 6 N–H and O–H groups in total. The summed E-state index contributed by atoms with van der Waals surface area (Å²) in [5, 5.41) is 20.7. The first kappa shape index (κ1) is 24.7. The number of hydrogen-bond donors (Lipinski definition) is 6. The summed E-state index contributed by atoms with van der Waals surface area (Å²) >= 11 is 0. The SMILES string of the molecule is C#C[C@@]1(O)[C@H](O)[C@@H](CO[P+](=O)OP(=O)(O)OP(=O)(O)O)O[C@H]1n1ccc(=O)[nH]c1=O. The number of rotatable bonds is 8. The number of aromatic amines is 1. The lowest BCUT2D eigenvalue weighted by Gasteiger charge is -2.26. The average molecular weight is 491 g/mol. The van der Waals surface area contributed by atoms with E-state index in [1.165, 1.54) is 0 Å². The van der Waals surface area contributed by atoms with E-state index in [1.54, 1.807) is 0 Å². The first-order valence-corrected chi connectivity index (χ1v) is 11.6. The minimum Gasteiger partial charge on any atom is -0.386 e. The van der Waals surface area contributed by atoms with Gasteiger partial charge in [0, 0.05) is 16.8 Å². The van der Waals surface area contributed by atoms with Crippen LogP contribution in [0.3, 0.4) is 0 Å². The first-order chi connectivity index (χ1) is 13.7. The van der Waals surface area contributed by atoms with Gasteiger partial charge < -0.3 is 24.7 Å². The molecule has 0 aromatic carbocycles. The first-order valence-electron chi connectivity index (χ1n) is 7.43. The van der Waals surface area contributed by atoms with Crippen molar-refractivity contribution in [3.8, 4) is 12.3 Å². The van der Waals surface area contributed by atoms with Gasteiger partial charge in [-0.2, -0.15) is 4.31 Å². The highest BCUT2D eigenvalue weighted by molar-refractivity contribution is 7.64. The molecule has 0 bridgehead atoms. The van der Waals surface area contributed by atoms with Crippen molar-refractivity contribution in [2.75, 3.05) is 6.61 Å². The van der Waals surface area contributed by atoms with Crippen LogP contribution in [0.4, 0.5) is 0 Å². The predicted molar refractivity (Wildman–Crippen MR) is 92.6 cm³/mol. The fourth-order valence-corrected chi connectivity index (χ4v) is 4.94. The van der Waals surface area contributed by atoms with Gasteiger partial charge in [0.05, 0.1) is 0 Å². The normalized spacial score (nSPS) is 29.2. The fourth-order valence-electron chi connectivity index (χ4n) is 2.34. The quantitative estimate of drug-likeness (QED) is 0.171. The Balaban J connectivity index is 2.12. The Morgan fingerprint density at radius 3 is 2.53 bits per heavy atom. The standard InChI is InChI=1S/C11H13N2O14P3/c1-2-11(17)8(15)6(25-9(11)13-4-3-7(14)12-10(13)16)5-24-28(18)26-30(22,23)27-29(19,20)21/h1,3-4,6,8-9,15,17H,5H2,(H3-,12,14,16,19,20,21,22,23)/p+1/t6-,8-,9-,11-/m1/s1. The number of aromatic nitrogens is 2. The number of aliphatic hydroxyl groups is 2. The van der Waals surface area contributed by atoms with E-state index >= 15 is 0 Å². The van der Waals surface area contributed by atoms with E-state index in [1.807, 2.05) is 10.9 Å². The Morgan fingerprint density at radius 1 is 1.37 bits per heavy atom. The van der Waals surface area contributed by atoms with E-state index in [9.17, 15) is 33.5 Å². The second kappa shape index (κ2) is 8.89. The maximum Gasteiger partial charge on any atom is 0.708 e. The molecule has 1 aromatic heterocycles. The molecule has 0 aliphatic carbocycles. The van der Waals surface area contributed by atoms with Crippen LogP contribution in [0.5, 0.6) is 0 Å². The van der Waals surface area contributed by atoms with Gasteiger partial charge in [-0.05, 0) is 4.31 Å². The third-order valence-corrected chi connectivity index (χ3v) is 6.94. The van der Waals surface area contributed by atoms with Crippen molar-refractivity contribution < 1.29 is 56.5 Å². The van der Waals surface area contributed by atoms with E-state index in [4.69, 9.17) is 25.8 Å². The highest BCUT2D eigenvalue weighted by Gasteiger charge is 2.57. The van der Waals surface area contributed by atoms with Crippen LogP contribution < -0.4 is 11.2 Å². The van der Waals surface area contributed by atoms with Crippen LogP contribution in [0.2, 0.25) is 0 Å². The van der Waals surface area contributed by atoms with Crippen LogP contribution in [0.15, 0.2) is 21.9 Å². The molecule has 2 unspecified atom stereocenters. The van der Waals surface area contributed by atoms with E-state index in [-0.39, 0.29) is 0 Å². The van der Waals surface area contributed by atoms with E-state index in [0.29, 0.717) is 4.57 Å². The summed E-state index contributed by atoms with van der Waals surface area (Å²) in [6.45, 7) is -0.898. The molecular formula is C11H14N2O14P3+. The molecule has 30 heavy (non-hydrogen) atoms. The van der Waals surface area contributed by atoms with Crippen LogP contribution in [0, 0.1) is 12.3 Å². The molecule has 1 aliphatic rings. The zero-order chi connectivity index (χ0) is 22.9. The fraction of sp³-hybridized carbons (Fsp3) is 0.455. The third kappa shape index (κ3) is 5.77. The van der Waals surface area contributed by atoms with E-state index in [2.05, 4.69) is 13.1 Å². The van der Waals surface area contributed by atoms with Crippen LogP contribution in [-0.4, -0.2) is 58.9 Å². The minimum atomic E-state index is -5.49. The highest BCUT2D eigenvalue weighted by Crippen LogP contribution is 2.61. The summed E-state index contributed by atoms with van der Waals surface area (Å²) in [5.74, 6) is 1.84. The van der Waals surface area contributed by atoms with Gasteiger partial charge in [-0.25, -0.2) is 13.9 Å². The summed E-state index contributed by atoms with van der Waals surface area (Å²) in [6, 6.07) is 0.905. The summed E-state index contributed by atoms with van der Waals surface area (Å²) < 4.78 is 51.2. The molecule has 0 radical (unpaired) electrons. The molecule has 1 aromatic rings. The smallest absolute Gasteiger partial charge is 0.386 e. The van der Waals surface area contributed by atoms with Gasteiger partial charge in [0.25, 0.3) is 5.56 Å². The Bertz CT molecular complexity index is 1070. The number of H-pyrrole nitrogens is 1. The number of aliphatic hydroxyl groups excluding tert-OH is 1. The second-order valence-corrected chi connectivity index (χ2v) is 9.53. The molecule has 1 aliphatic heterocycles. The summed E-state index contributed by atoms with van der Waals surface area (Å²) in [7, 11) is -14.5. The number of phosphoric acid groups is 2. The van der Waals surface area contributed by atoms with Crippen molar-refractivity contribution in [1.82, 2.24) is 9.55 Å². The molecule has 19 heteroatoms. The van der Waals surface area contributed by atoms with Crippen LogP contribution in [0.1, 0.15) is 6.23 Å². The number of nitrogens with zero attached hydrogens (tertiary/aromatic N) is 1. The monoisotopic (exact) mass is 491 g/mol. The lowest BCUT2D eigenvalue weighted by Crippen LogP contribution is -2.48. The van der Waals surface area contributed by atoms with Gasteiger partial charge in [-0.1, -0.05) is 5.92 Å². The van der Waals surface area contributed by atoms with Crippen molar-refractivity contribution >= 4 is 23.9 Å². The molecule has 16 nitrogen and oxygen atoms in total. The summed E-state index contributed by atoms with van der Waals surface area (Å²) in [4.78, 5) is 50.9. The van der Waals surface area contributed by atoms with Crippen molar-refractivity contribution in [1.29, 1.82) is 0 Å². The molecule has 2 heterocycles. The molecule has 1 fully saturated rings. The number of nitrogens with one attached hydrogen (secondary N) is 1. The Hall–Kier alpha value is -1.56. The molecule has 0 saturated carbocycles. The highest BCUT2D eigenvalue weighted by atomic mass is 31.3. The van der Waals surface area contributed by atoms with Crippen molar-refractivity contribution in [2.24, 2.45) is 0 Å². The molecule has 166 valence electrons. The largest absolute Gasteiger partial charge is 0.708 e. The number of ether oxygens (including phenoxy) is 1. The molecule has 1 saturated heterocycles. The van der Waals surface area contributed by atoms with E-state index in [0.717, 1.165) is 12.3 Å². The molecule has 6 atom stereocenters. The molecular weight excluding hydrogens is 477 g/mol.